The number of thioether (sulfide) groups is 1. The molecular formula is C15H20N4O4S. The van der Waals surface area contributed by atoms with E-state index in [1.54, 1.807) is 19.4 Å². The van der Waals surface area contributed by atoms with Crippen molar-refractivity contribution in [2.75, 3.05) is 45.8 Å². The normalized spacial score (nSPS) is 15.0. The van der Waals surface area contributed by atoms with Crippen LogP contribution < -0.4 is 0 Å². The number of methoxy groups -OCH3 is 1. The molecule has 130 valence electrons. The van der Waals surface area contributed by atoms with Crippen molar-refractivity contribution in [3.8, 4) is 11.6 Å². The number of hydrogen-bond acceptors (Lipinski definition) is 7. The molecule has 0 aliphatic carbocycles. The summed E-state index contributed by atoms with van der Waals surface area (Å²) in [6, 6.07) is 3.64. The minimum absolute atomic E-state index is 0.0872. The second kappa shape index (κ2) is 8.32. The van der Waals surface area contributed by atoms with E-state index in [1.807, 2.05) is 15.5 Å². The van der Waals surface area contributed by atoms with Crippen LogP contribution in [0.3, 0.4) is 0 Å². The molecule has 0 aromatic carbocycles. The zero-order chi connectivity index (χ0) is 16.8. The number of carbonyl (C=O) groups excluding carboxylic acids is 1. The third kappa shape index (κ3) is 3.97. The fourth-order valence-electron chi connectivity index (χ4n) is 2.40. The molecule has 1 saturated heterocycles. The van der Waals surface area contributed by atoms with Crippen molar-refractivity contribution in [1.82, 2.24) is 19.7 Å². The lowest BCUT2D eigenvalue weighted by atomic mass is 10.4. The van der Waals surface area contributed by atoms with E-state index in [-0.39, 0.29) is 5.91 Å². The van der Waals surface area contributed by atoms with Crippen molar-refractivity contribution in [2.24, 2.45) is 0 Å². The number of rotatable bonds is 7. The summed E-state index contributed by atoms with van der Waals surface area (Å²) in [5, 5.41) is 9.09. The molecule has 0 N–H and O–H groups in total. The molecule has 1 amide bonds. The maximum Gasteiger partial charge on any atom is 0.233 e. The van der Waals surface area contributed by atoms with Gasteiger partial charge >= 0.3 is 0 Å². The number of furan rings is 1. The molecule has 2 aromatic rings. The van der Waals surface area contributed by atoms with Crippen LogP contribution >= 0.6 is 11.8 Å². The molecule has 0 saturated carbocycles. The monoisotopic (exact) mass is 352 g/mol. The number of amides is 1. The van der Waals surface area contributed by atoms with Crippen LogP contribution in [0.15, 0.2) is 28.0 Å². The van der Waals surface area contributed by atoms with Crippen LogP contribution in [0, 0.1) is 0 Å². The van der Waals surface area contributed by atoms with Gasteiger partial charge in [0.1, 0.15) is 0 Å². The van der Waals surface area contributed by atoms with Gasteiger partial charge in [0.2, 0.25) is 11.7 Å². The summed E-state index contributed by atoms with van der Waals surface area (Å²) < 4.78 is 17.8. The second-order valence-corrected chi connectivity index (χ2v) is 6.15. The maximum absolute atomic E-state index is 12.3. The molecule has 24 heavy (non-hydrogen) atoms. The summed E-state index contributed by atoms with van der Waals surface area (Å²) in [5.74, 6) is 1.69. The van der Waals surface area contributed by atoms with Gasteiger partial charge in [-0.15, -0.1) is 10.2 Å². The molecule has 0 unspecified atom stereocenters. The minimum atomic E-state index is 0.0872. The Hall–Kier alpha value is -1.84. The standard InChI is InChI=1S/C15H20N4O4S/c1-21-8-6-19-14(12-3-2-7-23-12)16-17-15(19)24-11-13(20)18-4-9-22-10-5-18/h2-3,7H,4-6,8-11H2,1H3. The molecule has 0 spiro atoms. The third-order valence-corrected chi connectivity index (χ3v) is 4.62. The van der Waals surface area contributed by atoms with Crippen LogP contribution in [0.2, 0.25) is 0 Å². The predicted molar refractivity (Wildman–Crippen MR) is 87.7 cm³/mol. The Kier molecular flexibility index (Phi) is 5.89. The number of aromatic nitrogens is 3. The van der Waals surface area contributed by atoms with Gasteiger partial charge in [0, 0.05) is 20.2 Å². The second-order valence-electron chi connectivity index (χ2n) is 5.21. The van der Waals surface area contributed by atoms with Gasteiger partial charge in [0.05, 0.1) is 38.4 Å². The lowest BCUT2D eigenvalue weighted by Crippen LogP contribution is -2.41. The quantitative estimate of drug-likeness (QED) is 0.691. The number of ether oxygens (including phenoxy) is 2. The van der Waals surface area contributed by atoms with Crippen molar-refractivity contribution in [3.63, 3.8) is 0 Å². The Morgan fingerprint density at radius 1 is 1.38 bits per heavy atom. The minimum Gasteiger partial charge on any atom is -0.461 e. The molecule has 3 heterocycles. The van der Waals surface area contributed by atoms with E-state index in [4.69, 9.17) is 13.9 Å². The highest BCUT2D eigenvalue weighted by atomic mass is 32.2. The maximum atomic E-state index is 12.3. The van der Waals surface area contributed by atoms with Crippen molar-refractivity contribution < 1.29 is 18.7 Å². The fourth-order valence-corrected chi connectivity index (χ4v) is 3.27. The van der Waals surface area contributed by atoms with Crippen LogP contribution in [-0.2, 0) is 20.8 Å². The van der Waals surface area contributed by atoms with E-state index < -0.39 is 0 Å². The predicted octanol–water partition coefficient (Wildman–Crippen LogP) is 1.14. The first-order valence-corrected chi connectivity index (χ1v) is 8.72. The Bertz CT molecular complexity index is 652. The summed E-state index contributed by atoms with van der Waals surface area (Å²) >= 11 is 1.38. The van der Waals surface area contributed by atoms with Crippen LogP contribution in [0.1, 0.15) is 0 Å². The zero-order valence-electron chi connectivity index (χ0n) is 13.5. The van der Waals surface area contributed by atoms with E-state index in [9.17, 15) is 4.79 Å². The van der Waals surface area contributed by atoms with Gasteiger partial charge in [-0.1, -0.05) is 11.8 Å². The molecule has 0 radical (unpaired) electrons. The van der Waals surface area contributed by atoms with Crippen molar-refractivity contribution in [2.45, 2.75) is 11.7 Å². The smallest absolute Gasteiger partial charge is 0.233 e. The fraction of sp³-hybridized carbons (Fsp3) is 0.533. The molecule has 1 aliphatic heterocycles. The zero-order valence-corrected chi connectivity index (χ0v) is 14.3. The van der Waals surface area contributed by atoms with Crippen LogP contribution in [0.5, 0.6) is 0 Å². The Labute approximate surface area is 144 Å². The highest BCUT2D eigenvalue weighted by Crippen LogP contribution is 2.24. The van der Waals surface area contributed by atoms with Gasteiger partial charge in [-0.05, 0) is 12.1 Å². The van der Waals surface area contributed by atoms with E-state index in [2.05, 4.69) is 10.2 Å². The summed E-state index contributed by atoms with van der Waals surface area (Å²) in [4.78, 5) is 14.1. The summed E-state index contributed by atoms with van der Waals surface area (Å²) in [5.41, 5.74) is 0. The molecule has 9 heteroatoms. The highest BCUT2D eigenvalue weighted by Gasteiger charge is 2.20. The van der Waals surface area contributed by atoms with Gasteiger partial charge in [-0.2, -0.15) is 0 Å². The number of hydrogen-bond donors (Lipinski definition) is 0. The summed E-state index contributed by atoms with van der Waals surface area (Å²) in [6.07, 6.45) is 1.60. The summed E-state index contributed by atoms with van der Waals surface area (Å²) in [7, 11) is 1.64. The molecule has 3 rings (SSSR count). The van der Waals surface area contributed by atoms with Crippen molar-refractivity contribution in [1.29, 1.82) is 0 Å². The van der Waals surface area contributed by atoms with Crippen molar-refractivity contribution >= 4 is 17.7 Å². The average Bonchev–Trinajstić information content (AvgIpc) is 3.28. The summed E-state index contributed by atoms with van der Waals surface area (Å²) in [6.45, 7) is 3.61. The molecule has 0 bridgehead atoms. The Morgan fingerprint density at radius 3 is 2.92 bits per heavy atom. The van der Waals surface area contributed by atoms with E-state index in [1.165, 1.54) is 11.8 Å². The molecule has 2 aromatic heterocycles. The molecule has 8 nitrogen and oxygen atoms in total. The van der Waals surface area contributed by atoms with Gasteiger partial charge in [0.25, 0.3) is 0 Å². The van der Waals surface area contributed by atoms with Gasteiger partial charge < -0.3 is 18.8 Å². The lowest BCUT2D eigenvalue weighted by molar-refractivity contribution is -0.132. The molecule has 1 fully saturated rings. The molecule has 1 aliphatic rings. The van der Waals surface area contributed by atoms with E-state index >= 15 is 0 Å². The lowest BCUT2D eigenvalue weighted by Gasteiger charge is -2.26. The van der Waals surface area contributed by atoms with Crippen LogP contribution in [0.25, 0.3) is 11.6 Å². The SMILES string of the molecule is COCCn1c(SCC(=O)N2CCOCC2)nnc1-c1ccco1. The first-order valence-electron chi connectivity index (χ1n) is 7.74. The highest BCUT2D eigenvalue weighted by molar-refractivity contribution is 7.99. The van der Waals surface area contributed by atoms with Crippen LogP contribution in [-0.4, -0.2) is 71.3 Å². The van der Waals surface area contributed by atoms with Gasteiger partial charge in [0.15, 0.2) is 10.9 Å². The topological polar surface area (TPSA) is 82.6 Å². The third-order valence-electron chi connectivity index (χ3n) is 3.67. The van der Waals surface area contributed by atoms with Crippen molar-refractivity contribution in [3.05, 3.63) is 18.4 Å². The van der Waals surface area contributed by atoms with Gasteiger partial charge in [-0.25, -0.2) is 0 Å². The Morgan fingerprint density at radius 2 is 2.21 bits per heavy atom. The van der Waals surface area contributed by atoms with Crippen LogP contribution in [0.4, 0.5) is 0 Å². The largest absolute Gasteiger partial charge is 0.461 e. The van der Waals surface area contributed by atoms with E-state index in [0.717, 1.165) is 0 Å². The number of morpholine rings is 1. The van der Waals surface area contributed by atoms with Gasteiger partial charge in [-0.3, -0.25) is 9.36 Å². The molecule has 0 atom stereocenters. The average molecular weight is 352 g/mol. The van der Waals surface area contributed by atoms with E-state index in [0.29, 0.717) is 61.9 Å². The number of carbonyl (C=O) groups is 1. The number of nitrogens with zero attached hydrogens (tertiary/aromatic N) is 4. The first-order chi connectivity index (χ1) is 11.8. The first kappa shape index (κ1) is 17.0. The Balaban J connectivity index is 1.69. The molecular weight excluding hydrogens is 332 g/mol.